The highest BCUT2D eigenvalue weighted by Gasteiger charge is 2.35. The molecule has 2 nitrogen and oxygen atoms in total. The highest BCUT2D eigenvalue weighted by atomic mass is 79.9. The molecule has 1 fully saturated rings. The van der Waals surface area contributed by atoms with Gasteiger partial charge in [0.25, 0.3) is 0 Å². The first-order valence-electron chi connectivity index (χ1n) is 7.33. The van der Waals surface area contributed by atoms with Gasteiger partial charge in [-0.2, -0.15) is 0 Å². The first-order valence-corrected chi connectivity index (χ1v) is 8.12. The standard InChI is InChI=1S/C16H23BrN2/c1-16(2)6-5-15(19-9-7-18-8-10-19)13-4-3-12(17)11-14(13)16/h3-4,11,15,18H,5-10H2,1-2H3. The third-order valence-electron chi connectivity index (χ3n) is 4.74. The summed E-state index contributed by atoms with van der Waals surface area (Å²) in [5, 5.41) is 3.45. The Bertz CT molecular complexity index is 464. The predicted molar refractivity (Wildman–Crippen MR) is 83.6 cm³/mol. The maximum Gasteiger partial charge on any atom is 0.0352 e. The second kappa shape index (κ2) is 5.19. The van der Waals surface area contributed by atoms with Crippen LogP contribution in [-0.4, -0.2) is 31.1 Å². The van der Waals surface area contributed by atoms with E-state index in [9.17, 15) is 0 Å². The van der Waals surface area contributed by atoms with Crippen molar-refractivity contribution in [2.24, 2.45) is 0 Å². The van der Waals surface area contributed by atoms with E-state index in [1.807, 2.05) is 0 Å². The maximum absolute atomic E-state index is 3.63. The second-order valence-corrected chi connectivity index (χ2v) is 7.37. The van der Waals surface area contributed by atoms with Crippen LogP contribution in [0.4, 0.5) is 0 Å². The van der Waals surface area contributed by atoms with Gasteiger partial charge in [0, 0.05) is 36.7 Å². The van der Waals surface area contributed by atoms with Crippen LogP contribution in [0, 0.1) is 0 Å². The van der Waals surface area contributed by atoms with E-state index in [0.29, 0.717) is 11.5 Å². The van der Waals surface area contributed by atoms with Crippen LogP contribution in [0.3, 0.4) is 0 Å². The zero-order chi connectivity index (χ0) is 13.5. The van der Waals surface area contributed by atoms with E-state index in [4.69, 9.17) is 0 Å². The zero-order valence-electron chi connectivity index (χ0n) is 11.9. The summed E-state index contributed by atoms with van der Waals surface area (Å²) < 4.78 is 1.21. The van der Waals surface area contributed by atoms with Gasteiger partial charge in [-0.25, -0.2) is 0 Å². The fourth-order valence-electron chi connectivity index (χ4n) is 3.57. The van der Waals surface area contributed by atoms with Gasteiger partial charge < -0.3 is 5.32 Å². The van der Waals surface area contributed by atoms with Crippen LogP contribution in [0.25, 0.3) is 0 Å². The highest BCUT2D eigenvalue weighted by Crippen LogP contribution is 2.44. The summed E-state index contributed by atoms with van der Waals surface area (Å²) in [4.78, 5) is 2.67. The fraction of sp³-hybridized carbons (Fsp3) is 0.625. The molecular formula is C16H23BrN2. The van der Waals surface area contributed by atoms with Crippen LogP contribution in [0.15, 0.2) is 22.7 Å². The van der Waals surface area contributed by atoms with Crippen molar-refractivity contribution in [1.29, 1.82) is 0 Å². The molecule has 1 aromatic carbocycles. The normalized spacial score (nSPS) is 27.0. The van der Waals surface area contributed by atoms with Crippen molar-refractivity contribution >= 4 is 15.9 Å². The van der Waals surface area contributed by atoms with E-state index in [-0.39, 0.29) is 0 Å². The van der Waals surface area contributed by atoms with Crippen LogP contribution in [-0.2, 0) is 5.41 Å². The molecule has 0 aromatic heterocycles. The lowest BCUT2D eigenvalue weighted by Gasteiger charge is -2.43. The Hall–Kier alpha value is -0.380. The molecule has 2 aliphatic rings. The van der Waals surface area contributed by atoms with Crippen molar-refractivity contribution in [2.75, 3.05) is 26.2 Å². The van der Waals surface area contributed by atoms with Crippen LogP contribution < -0.4 is 5.32 Å². The molecule has 1 aliphatic carbocycles. The van der Waals surface area contributed by atoms with Crippen LogP contribution in [0.5, 0.6) is 0 Å². The number of piperazine rings is 1. The molecule has 3 heteroatoms. The minimum Gasteiger partial charge on any atom is -0.314 e. The van der Waals surface area contributed by atoms with E-state index in [1.165, 1.54) is 36.0 Å². The third-order valence-corrected chi connectivity index (χ3v) is 5.23. The van der Waals surface area contributed by atoms with Crippen molar-refractivity contribution < 1.29 is 0 Å². The van der Waals surface area contributed by atoms with Gasteiger partial charge >= 0.3 is 0 Å². The van der Waals surface area contributed by atoms with Crippen molar-refractivity contribution in [3.8, 4) is 0 Å². The number of benzene rings is 1. The average Bonchev–Trinajstić information content (AvgIpc) is 2.41. The molecule has 1 saturated heterocycles. The molecule has 0 saturated carbocycles. The molecule has 1 aromatic rings. The summed E-state index contributed by atoms with van der Waals surface area (Å²) in [6.07, 6.45) is 2.58. The van der Waals surface area contributed by atoms with E-state index in [0.717, 1.165) is 13.1 Å². The molecule has 0 radical (unpaired) electrons. The molecule has 3 rings (SSSR count). The summed E-state index contributed by atoms with van der Waals surface area (Å²) in [6, 6.07) is 7.50. The minimum atomic E-state index is 0.309. The maximum atomic E-state index is 3.63. The summed E-state index contributed by atoms with van der Waals surface area (Å²) in [6.45, 7) is 9.39. The molecule has 19 heavy (non-hydrogen) atoms. The second-order valence-electron chi connectivity index (χ2n) is 6.46. The number of halogens is 1. The highest BCUT2D eigenvalue weighted by molar-refractivity contribution is 9.10. The van der Waals surface area contributed by atoms with Gasteiger partial charge in [0.2, 0.25) is 0 Å². The molecule has 1 atom stereocenters. The SMILES string of the molecule is CC1(C)CCC(N2CCNCC2)c2ccc(Br)cc21. The van der Waals surface area contributed by atoms with Gasteiger partial charge in [-0.3, -0.25) is 4.90 Å². The molecule has 0 spiro atoms. The summed E-state index contributed by atoms with van der Waals surface area (Å²) in [5.74, 6) is 0. The predicted octanol–water partition coefficient (Wildman–Crippen LogP) is 3.47. The summed E-state index contributed by atoms with van der Waals surface area (Å²) in [5.41, 5.74) is 3.40. The van der Waals surface area contributed by atoms with Gasteiger partial charge in [-0.05, 0) is 41.5 Å². The van der Waals surface area contributed by atoms with Crippen molar-refractivity contribution in [3.63, 3.8) is 0 Å². The first kappa shape index (κ1) is 13.6. The molecule has 104 valence electrons. The van der Waals surface area contributed by atoms with Crippen LogP contribution in [0.2, 0.25) is 0 Å². The Morgan fingerprint density at radius 1 is 1.26 bits per heavy atom. The number of hydrogen-bond acceptors (Lipinski definition) is 2. The lowest BCUT2D eigenvalue weighted by molar-refractivity contribution is 0.146. The Kier molecular flexibility index (Phi) is 3.71. The van der Waals surface area contributed by atoms with Crippen molar-refractivity contribution in [1.82, 2.24) is 10.2 Å². The minimum absolute atomic E-state index is 0.309. The fourth-order valence-corrected chi connectivity index (χ4v) is 3.93. The van der Waals surface area contributed by atoms with Gasteiger partial charge in [0.15, 0.2) is 0 Å². The van der Waals surface area contributed by atoms with Gasteiger partial charge in [-0.15, -0.1) is 0 Å². The Balaban J connectivity index is 1.97. The quantitative estimate of drug-likeness (QED) is 0.851. The Morgan fingerprint density at radius 3 is 2.74 bits per heavy atom. The lowest BCUT2D eigenvalue weighted by Crippen LogP contribution is -2.46. The summed E-state index contributed by atoms with van der Waals surface area (Å²) in [7, 11) is 0. The first-order chi connectivity index (χ1) is 9.08. The summed E-state index contributed by atoms with van der Waals surface area (Å²) >= 11 is 3.63. The number of hydrogen-bond donors (Lipinski definition) is 1. The lowest BCUT2D eigenvalue weighted by atomic mass is 9.70. The van der Waals surface area contributed by atoms with Gasteiger partial charge in [-0.1, -0.05) is 35.8 Å². The van der Waals surface area contributed by atoms with E-state index < -0.39 is 0 Å². The molecule has 1 N–H and O–H groups in total. The average molecular weight is 323 g/mol. The topological polar surface area (TPSA) is 15.3 Å². The zero-order valence-corrected chi connectivity index (χ0v) is 13.5. The van der Waals surface area contributed by atoms with Crippen LogP contribution >= 0.6 is 15.9 Å². The van der Waals surface area contributed by atoms with E-state index in [2.05, 4.69) is 58.2 Å². The number of nitrogens with one attached hydrogen (secondary N) is 1. The molecule has 1 aliphatic heterocycles. The molecule has 1 unspecified atom stereocenters. The Labute approximate surface area is 124 Å². The number of fused-ring (bicyclic) bond motifs is 1. The third kappa shape index (κ3) is 2.61. The number of nitrogens with zero attached hydrogens (tertiary/aromatic N) is 1. The van der Waals surface area contributed by atoms with Crippen LogP contribution in [0.1, 0.15) is 43.9 Å². The van der Waals surface area contributed by atoms with Crippen molar-refractivity contribution in [2.45, 2.75) is 38.1 Å². The smallest absolute Gasteiger partial charge is 0.0352 e. The number of rotatable bonds is 1. The Morgan fingerprint density at radius 2 is 2.00 bits per heavy atom. The molecular weight excluding hydrogens is 300 g/mol. The molecule has 0 bridgehead atoms. The van der Waals surface area contributed by atoms with E-state index in [1.54, 1.807) is 5.56 Å². The van der Waals surface area contributed by atoms with E-state index >= 15 is 0 Å². The molecule has 1 heterocycles. The van der Waals surface area contributed by atoms with Crippen molar-refractivity contribution in [3.05, 3.63) is 33.8 Å². The molecule has 0 amide bonds. The monoisotopic (exact) mass is 322 g/mol. The van der Waals surface area contributed by atoms with Gasteiger partial charge in [0.05, 0.1) is 0 Å². The largest absolute Gasteiger partial charge is 0.314 e. The van der Waals surface area contributed by atoms with Gasteiger partial charge in [0.1, 0.15) is 0 Å².